The van der Waals surface area contributed by atoms with Gasteiger partial charge in [0, 0.05) is 13.1 Å². The van der Waals surface area contributed by atoms with Crippen molar-refractivity contribution in [3.8, 4) is 5.75 Å². The summed E-state index contributed by atoms with van der Waals surface area (Å²) in [6.45, 7) is 5.93. The van der Waals surface area contributed by atoms with Gasteiger partial charge in [-0.15, -0.1) is 0 Å². The third-order valence-corrected chi connectivity index (χ3v) is 3.48. The van der Waals surface area contributed by atoms with Gasteiger partial charge in [-0.2, -0.15) is 0 Å². The first-order valence-corrected chi connectivity index (χ1v) is 6.16. The number of para-hydroxylation sites is 1. The van der Waals surface area contributed by atoms with Gasteiger partial charge in [-0.05, 0) is 24.0 Å². The van der Waals surface area contributed by atoms with Gasteiger partial charge in [-0.25, -0.2) is 0 Å². The fraction of sp³-hybridized carbons (Fsp3) is 0.500. The minimum absolute atomic E-state index is 0.00280. The zero-order valence-electron chi connectivity index (χ0n) is 11.2. The van der Waals surface area contributed by atoms with Crippen LogP contribution in [0.4, 0.5) is 5.69 Å². The van der Waals surface area contributed by atoms with Gasteiger partial charge in [0.25, 0.3) is 5.91 Å². The van der Waals surface area contributed by atoms with Gasteiger partial charge in [0.1, 0.15) is 5.75 Å². The highest BCUT2D eigenvalue weighted by atomic mass is 16.5. The molecular formula is C14H20N2O2. The van der Waals surface area contributed by atoms with Crippen LogP contribution in [-0.4, -0.2) is 31.0 Å². The van der Waals surface area contributed by atoms with Crippen LogP contribution in [0.1, 0.15) is 30.6 Å². The van der Waals surface area contributed by atoms with Gasteiger partial charge in [-0.3, -0.25) is 4.79 Å². The van der Waals surface area contributed by atoms with Crippen LogP contribution in [0.5, 0.6) is 5.75 Å². The molecule has 2 N–H and O–H groups in total. The molecule has 1 heterocycles. The Hall–Kier alpha value is -1.71. The van der Waals surface area contributed by atoms with Gasteiger partial charge in [0.2, 0.25) is 0 Å². The Morgan fingerprint density at radius 1 is 1.44 bits per heavy atom. The number of ether oxygens (including phenoxy) is 1. The fourth-order valence-electron chi connectivity index (χ4n) is 2.36. The molecule has 0 aliphatic carbocycles. The molecule has 18 heavy (non-hydrogen) atoms. The number of carbonyl (C=O) groups excluding carboxylic acids is 1. The molecule has 0 bridgehead atoms. The number of hydrogen-bond acceptors (Lipinski definition) is 3. The number of nitrogens with zero attached hydrogens (tertiary/aromatic N) is 1. The second-order valence-corrected chi connectivity index (χ2v) is 5.56. The first-order chi connectivity index (χ1) is 8.44. The lowest BCUT2D eigenvalue weighted by atomic mass is 9.93. The maximum Gasteiger partial charge on any atom is 0.256 e. The van der Waals surface area contributed by atoms with Crippen LogP contribution in [0.25, 0.3) is 0 Å². The van der Waals surface area contributed by atoms with Crippen LogP contribution in [0.2, 0.25) is 0 Å². The van der Waals surface area contributed by atoms with Crippen molar-refractivity contribution in [2.45, 2.75) is 20.3 Å². The minimum Gasteiger partial charge on any atom is -0.495 e. The molecule has 0 saturated carbocycles. The molecule has 2 rings (SSSR count). The molecule has 0 spiro atoms. The van der Waals surface area contributed by atoms with Crippen molar-refractivity contribution in [3.05, 3.63) is 23.8 Å². The summed E-state index contributed by atoms with van der Waals surface area (Å²) in [5, 5.41) is 0. The number of hydrogen-bond donors (Lipinski definition) is 1. The first-order valence-electron chi connectivity index (χ1n) is 6.16. The van der Waals surface area contributed by atoms with E-state index < -0.39 is 0 Å². The lowest BCUT2D eigenvalue weighted by Crippen LogP contribution is -2.30. The highest BCUT2D eigenvalue weighted by molar-refractivity contribution is 6.00. The van der Waals surface area contributed by atoms with Gasteiger partial charge in [0.05, 0.1) is 18.4 Å². The molecular weight excluding hydrogens is 228 g/mol. The largest absolute Gasteiger partial charge is 0.495 e. The molecule has 1 saturated heterocycles. The Bertz CT molecular complexity index is 469. The van der Waals surface area contributed by atoms with Crippen LogP contribution in [0, 0.1) is 5.41 Å². The summed E-state index contributed by atoms with van der Waals surface area (Å²) in [5.41, 5.74) is 7.12. The monoisotopic (exact) mass is 248 g/mol. The third kappa shape index (κ3) is 2.28. The SMILES string of the molecule is COc1cccc(C(=O)N2CCC(C)(C)C2)c1N. The van der Waals surface area contributed by atoms with Crippen LogP contribution < -0.4 is 10.5 Å². The summed E-state index contributed by atoms with van der Waals surface area (Å²) >= 11 is 0. The summed E-state index contributed by atoms with van der Waals surface area (Å²) in [7, 11) is 1.55. The molecule has 1 fully saturated rings. The van der Waals surface area contributed by atoms with E-state index in [0.717, 1.165) is 19.5 Å². The first kappa shape index (κ1) is 12.7. The Labute approximate surface area is 108 Å². The predicted molar refractivity (Wildman–Crippen MR) is 71.7 cm³/mol. The van der Waals surface area contributed by atoms with Crippen LogP contribution in [0.3, 0.4) is 0 Å². The van der Waals surface area contributed by atoms with Crippen molar-refractivity contribution in [3.63, 3.8) is 0 Å². The van der Waals surface area contributed by atoms with Gasteiger partial charge >= 0.3 is 0 Å². The number of nitrogens with two attached hydrogens (primary N) is 1. The normalized spacial score (nSPS) is 17.8. The average Bonchev–Trinajstić information content (AvgIpc) is 2.69. The number of nitrogen functional groups attached to an aromatic ring is 1. The highest BCUT2D eigenvalue weighted by Gasteiger charge is 2.33. The molecule has 4 nitrogen and oxygen atoms in total. The van der Waals surface area contributed by atoms with Gasteiger partial charge in [-0.1, -0.05) is 19.9 Å². The van der Waals surface area contributed by atoms with E-state index in [2.05, 4.69) is 13.8 Å². The van der Waals surface area contributed by atoms with Gasteiger partial charge in [0.15, 0.2) is 0 Å². The lowest BCUT2D eigenvalue weighted by molar-refractivity contribution is 0.0779. The standard InChI is InChI=1S/C14H20N2O2/c1-14(2)7-8-16(9-14)13(17)10-5-4-6-11(18-3)12(10)15/h4-6H,7-9,15H2,1-3H3. The number of likely N-dealkylation sites (tertiary alicyclic amines) is 1. The second kappa shape index (κ2) is 4.52. The predicted octanol–water partition coefficient (Wildman–Crippen LogP) is 2.15. The van der Waals surface area contributed by atoms with E-state index in [-0.39, 0.29) is 11.3 Å². The van der Waals surface area contributed by atoms with E-state index in [1.54, 1.807) is 25.3 Å². The summed E-state index contributed by atoms with van der Waals surface area (Å²) in [6.07, 6.45) is 1.03. The maximum atomic E-state index is 12.4. The van der Waals surface area contributed by atoms with Crippen molar-refractivity contribution in [1.82, 2.24) is 4.90 Å². The van der Waals surface area contributed by atoms with Crippen molar-refractivity contribution in [2.75, 3.05) is 25.9 Å². The van der Waals surface area contributed by atoms with Crippen molar-refractivity contribution < 1.29 is 9.53 Å². The third-order valence-electron chi connectivity index (χ3n) is 3.48. The smallest absolute Gasteiger partial charge is 0.256 e. The van der Waals surface area contributed by atoms with E-state index in [4.69, 9.17) is 10.5 Å². The molecule has 1 amide bonds. The summed E-state index contributed by atoms with van der Waals surface area (Å²) in [4.78, 5) is 14.3. The van der Waals surface area contributed by atoms with Crippen LogP contribution in [0.15, 0.2) is 18.2 Å². The number of carbonyl (C=O) groups is 1. The molecule has 1 aromatic carbocycles. The Morgan fingerprint density at radius 2 is 2.17 bits per heavy atom. The van der Waals surface area contributed by atoms with E-state index in [9.17, 15) is 4.79 Å². The molecule has 1 aliphatic heterocycles. The van der Waals surface area contributed by atoms with Crippen molar-refractivity contribution >= 4 is 11.6 Å². The Balaban J connectivity index is 2.25. The average molecular weight is 248 g/mol. The minimum atomic E-state index is -0.00280. The zero-order valence-corrected chi connectivity index (χ0v) is 11.2. The zero-order chi connectivity index (χ0) is 13.3. The maximum absolute atomic E-state index is 12.4. The number of anilines is 1. The van der Waals surface area contributed by atoms with Crippen LogP contribution in [-0.2, 0) is 0 Å². The van der Waals surface area contributed by atoms with E-state index in [0.29, 0.717) is 17.0 Å². The number of amides is 1. The Kier molecular flexibility index (Phi) is 3.20. The quantitative estimate of drug-likeness (QED) is 0.816. The fourth-order valence-corrected chi connectivity index (χ4v) is 2.36. The summed E-state index contributed by atoms with van der Waals surface area (Å²) < 4.78 is 5.14. The van der Waals surface area contributed by atoms with Crippen LogP contribution >= 0.6 is 0 Å². The molecule has 1 aliphatic rings. The molecule has 0 unspecified atom stereocenters. The highest BCUT2D eigenvalue weighted by Crippen LogP contribution is 2.32. The molecule has 0 atom stereocenters. The molecule has 98 valence electrons. The molecule has 0 aromatic heterocycles. The number of methoxy groups -OCH3 is 1. The second-order valence-electron chi connectivity index (χ2n) is 5.56. The number of benzene rings is 1. The number of rotatable bonds is 2. The van der Waals surface area contributed by atoms with E-state index in [1.165, 1.54) is 0 Å². The van der Waals surface area contributed by atoms with Crippen molar-refractivity contribution in [1.29, 1.82) is 0 Å². The van der Waals surface area contributed by atoms with E-state index >= 15 is 0 Å². The van der Waals surface area contributed by atoms with Crippen molar-refractivity contribution in [2.24, 2.45) is 5.41 Å². The summed E-state index contributed by atoms with van der Waals surface area (Å²) in [5.74, 6) is 0.552. The summed E-state index contributed by atoms with van der Waals surface area (Å²) in [6, 6.07) is 5.31. The van der Waals surface area contributed by atoms with Gasteiger partial charge < -0.3 is 15.4 Å². The molecule has 4 heteroatoms. The molecule has 1 aromatic rings. The Morgan fingerprint density at radius 3 is 2.72 bits per heavy atom. The lowest BCUT2D eigenvalue weighted by Gasteiger charge is -2.21. The molecule has 0 radical (unpaired) electrons. The van der Waals surface area contributed by atoms with E-state index in [1.807, 2.05) is 4.90 Å². The topological polar surface area (TPSA) is 55.6 Å².